The van der Waals surface area contributed by atoms with Gasteiger partial charge in [0.05, 0.1) is 12.0 Å². The zero-order chi connectivity index (χ0) is 13.3. The molecule has 1 atom stereocenters. The van der Waals surface area contributed by atoms with Crippen molar-refractivity contribution in [1.82, 2.24) is 10.6 Å². The summed E-state index contributed by atoms with van der Waals surface area (Å²) in [6.07, 6.45) is 2.46. The number of hydrogen-bond donors (Lipinski definition) is 4. The van der Waals surface area contributed by atoms with Gasteiger partial charge >= 0.3 is 12.0 Å². The Labute approximate surface area is 105 Å². The molecule has 0 aromatic carbocycles. The zero-order valence-electron chi connectivity index (χ0n) is 10.2. The van der Waals surface area contributed by atoms with E-state index in [9.17, 15) is 14.7 Å². The third-order valence-corrected chi connectivity index (χ3v) is 2.67. The van der Waals surface area contributed by atoms with Gasteiger partial charge in [-0.25, -0.2) is 4.79 Å². The highest BCUT2D eigenvalue weighted by Gasteiger charge is 2.24. The molecule has 0 heterocycles. The number of amides is 2. The minimum Gasteiger partial charge on any atom is -0.481 e. The van der Waals surface area contributed by atoms with Crippen LogP contribution in [0.15, 0.2) is 0 Å². The molecule has 0 fully saturated rings. The summed E-state index contributed by atoms with van der Waals surface area (Å²) >= 11 is 1.70. The van der Waals surface area contributed by atoms with Gasteiger partial charge in [-0.05, 0) is 25.4 Å². The van der Waals surface area contributed by atoms with Crippen molar-refractivity contribution in [2.24, 2.45) is 0 Å². The van der Waals surface area contributed by atoms with Crippen LogP contribution in [0.5, 0.6) is 0 Å². The predicted molar refractivity (Wildman–Crippen MR) is 67.3 cm³/mol. The van der Waals surface area contributed by atoms with Crippen molar-refractivity contribution in [3.8, 4) is 0 Å². The second-order valence-corrected chi connectivity index (χ2v) is 5.01. The maximum atomic E-state index is 11.3. The van der Waals surface area contributed by atoms with Crippen molar-refractivity contribution >= 4 is 23.8 Å². The number of carbonyl (C=O) groups is 2. The van der Waals surface area contributed by atoms with Crippen LogP contribution in [0.2, 0.25) is 0 Å². The van der Waals surface area contributed by atoms with Crippen molar-refractivity contribution in [3.63, 3.8) is 0 Å². The SMILES string of the molecule is CSCCCNC(=O)NCC(C)(O)CC(=O)O. The fourth-order valence-corrected chi connectivity index (χ4v) is 1.57. The Balaban J connectivity index is 3.71. The molecule has 6 nitrogen and oxygen atoms in total. The van der Waals surface area contributed by atoms with Gasteiger partial charge in [-0.1, -0.05) is 0 Å². The molecule has 2 amide bonds. The lowest BCUT2D eigenvalue weighted by Crippen LogP contribution is -2.46. The lowest BCUT2D eigenvalue weighted by atomic mass is 10.0. The largest absolute Gasteiger partial charge is 0.481 e. The van der Waals surface area contributed by atoms with E-state index in [-0.39, 0.29) is 6.54 Å². The minimum absolute atomic E-state index is 0.0896. The molecule has 0 aromatic heterocycles. The number of carbonyl (C=O) groups excluding carboxylic acids is 1. The van der Waals surface area contributed by atoms with Crippen LogP contribution in [0, 0.1) is 0 Å². The Morgan fingerprint density at radius 2 is 2.00 bits per heavy atom. The summed E-state index contributed by atoms with van der Waals surface area (Å²) in [5.74, 6) is -0.131. The van der Waals surface area contributed by atoms with Crippen LogP contribution in [-0.2, 0) is 4.79 Å². The summed E-state index contributed by atoms with van der Waals surface area (Å²) in [6.45, 7) is 1.84. The van der Waals surface area contributed by atoms with Crippen LogP contribution in [0.4, 0.5) is 4.79 Å². The number of nitrogens with one attached hydrogen (secondary N) is 2. The zero-order valence-corrected chi connectivity index (χ0v) is 11.0. The Bertz CT molecular complexity index is 259. The van der Waals surface area contributed by atoms with Crippen LogP contribution >= 0.6 is 11.8 Å². The quantitative estimate of drug-likeness (QED) is 0.472. The molecule has 0 saturated heterocycles. The van der Waals surface area contributed by atoms with Gasteiger partial charge in [-0.3, -0.25) is 4.79 Å². The fourth-order valence-electron chi connectivity index (χ4n) is 1.14. The average Bonchev–Trinajstić information content (AvgIpc) is 2.20. The van der Waals surface area contributed by atoms with E-state index >= 15 is 0 Å². The summed E-state index contributed by atoms with van der Waals surface area (Å²) in [7, 11) is 0. The number of rotatable bonds is 8. The number of aliphatic carboxylic acids is 1. The lowest BCUT2D eigenvalue weighted by molar-refractivity contribution is -0.141. The van der Waals surface area contributed by atoms with Crippen LogP contribution in [0.25, 0.3) is 0 Å². The predicted octanol–water partition coefficient (Wildman–Crippen LogP) is 0.264. The molecule has 0 aliphatic carbocycles. The molecule has 0 saturated carbocycles. The molecule has 1 unspecified atom stereocenters. The van der Waals surface area contributed by atoms with Crippen molar-refractivity contribution < 1.29 is 19.8 Å². The van der Waals surface area contributed by atoms with E-state index in [0.29, 0.717) is 6.54 Å². The van der Waals surface area contributed by atoms with E-state index in [1.165, 1.54) is 6.92 Å². The van der Waals surface area contributed by atoms with E-state index in [4.69, 9.17) is 5.11 Å². The smallest absolute Gasteiger partial charge is 0.314 e. The van der Waals surface area contributed by atoms with Crippen LogP contribution < -0.4 is 10.6 Å². The number of carboxylic acid groups (broad SMARTS) is 1. The third-order valence-electron chi connectivity index (χ3n) is 1.97. The highest BCUT2D eigenvalue weighted by Crippen LogP contribution is 2.06. The van der Waals surface area contributed by atoms with E-state index < -0.39 is 24.0 Å². The maximum Gasteiger partial charge on any atom is 0.314 e. The van der Waals surface area contributed by atoms with E-state index in [1.807, 2.05) is 6.26 Å². The van der Waals surface area contributed by atoms with Crippen molar-refractivity contribution in [2.75, 3.05) is 25.1 Å². The molecular formula is C10H20N2O4S. The molecule has 17 heavy (non-hydrogen) atoms. The Morgan fingerprint density at radius 1 is 1.35 bits per heavy atom. The second-order valence-electron chi connectivity index (χ2n) is 4.02. The van der Waals surface area contributed by atoms with Gasteiger partial charge in [-0.2, -0.15) is 11.8 Å². The van der Waals surface area contributed by atoms with E-state index in [1.54, 1.807) is 11.8 Å². The molecule has 0 rings (SSSR count). The summed E-state index contributed by atoms with van der Waals surface area (Å²) < 4.78 is 0. The lowest BCUT2D eigenvalue weighted by Gasteiger charge is -2.21. The number of hydrogen-bond acceptors (Lipinski definition) is 4. The average molecular weight is 264 g/mol. The first-order chi connectivity index (χ1) is 7.87. The Morgan fingerprint density at radius 3 is 2.53 bits per heavy atom. The molecule has 0 bridgehead atoms. The van der Waals surface area contributed by atoms with Gasteiger partial charge in [-0.15, -0.1) is 0 Å². The Kier molecular flexibility index (Phi) is 7.73. The Hall–Kier alpha value is -0.950. The van der Waals surface area contributed by atoms with Gasteiger partial charge in [0.15, 0.2) is 0 Å². The summed E-state index contributed by atoms with van der Waals surface area (Å²) in [6, 6.07) is -0.392. The van der Waals surface area contributed by atoms with Crippen LogP contribution in [0.1, 0.15) is 19.8 Å². The highest BCUT2D eigenvalue weighted by atomic mass is 32.2. The van der Waals surface area contributed by atoms with E-state index in [2.05, 4.69) is 10.6 Å². The third kappa shape index (κ3) is 9.95. The summed E-state index contributed by atoms with van der Waals surface area (Å²) in [5.41, 5.74) is -1.43. The topological polar surface area (TPSA) is 98.7 Å². The number of aliphatic hydroxyl groups is 1. The standard InChI is InChI=1S/C10H20N2O4S/c1-10(16,6-8(13)14)7-12-9(15)11-4-3-5-17-2/h16H,3-7H2,1-2H3,(H,13,14)(H2,11,12,15). The molecule has 0 spiro atoms. The van der Waals surface area contributed by atoms with Gasteiger partial charge in [0.25, 0.3) is 0 Å². The molecular weight excluding hydrogens is 244 g/mol. The molecule has 0 aromatic rings. The summed E-state index contributed by atoms with van der Waals surface area (Å²) in [5, 5.41) is 23.2. The minimum atomic E-state index is -1.43. The molecule has 100 valence electrons. The van der Waals surface area contributed by atoms with Crippen LogP contribution in [-0.4, -0.2) is 52.9 Å². The van der Waals surface area contributed by atoms with Crippen molar-refractivity contribution in [2.45, 2.75) is 25.4 Å². The molecule has 0 aliphatic heterocycles. The second kappa shape index (κ2) is 8.19. The van der Waals surface area contributed by atoms with Crippen molar-refractivity contribution in [1.29, 1.82) is 0 Å². The fraction of sp³-hybridized carbons (Fsp3) is 0.800. The first kappa shape index (κ1) is 16.1. The van der Waals surface area contributed by atoms with Gasteiger partial charge in [0.1, 0.15) is 0 Å². The molecule has 4 N–H and O–H groups in total. The van der Waals surface area contributed by atoms with Crippen LogP contribution in [0.3, 0.4) is 0 Å². The first-order valence-electron chi connectivity index (χ1n) is 5.32. The molecule has 7 heteroatoms. The maximum absolute atomic E-state index is 11.3. The monoisotopic (exact) mass is 264 g/mol. The van der Waals surface area contributed by atoms with Gasteiger partial charge in [0.2, 0.25) is 0 Å². The number of urea groups is 1. The number of thioether (sulfide) groups is 1. The van der Waals surface area contributed by atoms with E-state index in [0.717, 1.165) is 12.2 Å². The number of carboxylic acids is 1. The normalized spacial score (nSPS) is 13.8. The highest BCUT2D eigenvalue weighted by molar-refractivity contribution is 7.98. The van der Waals surface area contributed by atoms with Gasteiger partial charge < -0.3 is 20.8 Å². The first-order valence-corrected chi connectivity index (χ1v) is 6.71. The van der Waals surface area contributed by atoms with Crippen molar-refractivity contribution in [3.05, 3.63) is 0 Å². The molecule has 0 aliphatic rings. The summed E-state index contributed by atoms with van der Waals surface area (Å²) in [4.78, 5) is 21.7. The van der Waals surface area contributed by atoms with Gasteiger partial charge in [0, 0.05) is 13.1 Å². The molecule has 0 radical (unpaired) electrons.